The summed E-state index contributed by atoms with van der Waals surface area (Å²) in [6.45, 7) is 3.98. The van der Waals surface area contributed by atoms with Gasteiger partial charge in [0.1, 0.15) is 6.61 Å². The van der Waals surface area contributed by atoms with Crippen molar-refractivity contribution in [2.24, 2.45) is 0 Å². The molecule has 0 aromatic heterocycles. The van der Waals surface area contributed by atoms with E-state index in [9.17, 15) is 13.2 Å². The molecule has 25 heavy (non-hydrogen) atoms. The molecule has 0 amide bonds. The predicted octanol–water partition coefficient (Wildman–Crippen LogP) is 4.46. The zero-order valence-corrected chi connectivity index (χ0v) is 15.7. The van der Waals surface area contributed by atoms with E-state index in [-0.39, 0.29) is 17.4 Å². The van der Waals surface area contributed by atoms with Crippen molar-refractivity contribution in [3.05, 3.63) is 58.7 Å². The van der Waals surface area contributed by atoms with Gasteiger partial charge in [-0.1, -0.05) is 44.2 Å². The summed E-state index contributed by atoms with van der Waals surface area (Å²) in [5.74, 6) is -0.353. The van der Waals surface area contributed by atoms with Gasteiger partial charge in [0.25, 0.3) is 0 Å². The molecule has 1 aliphatic heterocycles. The lowest BCUT2D eigenvalue weighted by Gasteiger charge is -2.29. The molecule has 0 saturated heterocycles. The minimum Gasteiger partial charge on any atom is -0.453 e. The Balaban J connectivity index is 2.31. The quantitative estimate of drug-likeness (QED) is 0.736. The molecule has 0 aliphatic carbocycles. The number of carbonyl (C=O) groups excluding carboxylic acids is 1. The molecule has 4 nitrogen and oxygen atoms in total. The third-order valence-electron chi connectivity index (χ3n) is 4.64. The lowest BCUT2D eigenvalue weighted by Crippen LogP contribution is -2.24. The lowest BCUT2D eigenvalue weighted by atomic mass is 9.88. The maximum atomic E-state index is 13.2. The number of benzene rings is 2. The maximum Gasteiger partial charge on any atom is 0.403 e. The molecule has 2 aromatic carbocycles. The van der Waals surface area contributed by atoms with Gasteiger partial charge in [-0.25, -0.2) is 13.2 Å². The highest BCUT2D eigenvalue weighted by Gasteiger charge is 2.37. The van der Waals surface area contributed by atoms with Crippen LogP contribution < -0.4 is 0 Å². The number of rotatable bonds is 4. The van der Waals surface area contributed by atoms with Crippen LogP contribution in [0.3, 0.4) is 0 Å². The third-order valence-corrected chi connectivity index (χ3v) is 6.73. The molecular weight excluding hydrogens is 360 g/mol. The first-order valence-corrected chi connectivity index (χ1v) is 10.1. The van der Waals surface area contributed by atoms with Crippen LogP contribution in [-0.4, -0.2) is 20.5 Å². The second-order valence-electron chi connectivity index (χ2n) is 6.02. The van der Waals surface area contributed by atoms with Gasteiger partial charge < -0.3 is 4.74 Å². The van der Waals surface area contributed by atoms with E-state index in [4.69, 9.17) is 16.3 Å². The van der Waals surface area contributed by atoms with Crippen LogP contribution in [0.4, 0.5) is 4.79 Å². The Morgan fingerprint density at radius 3 is 2.48 bits per heavy atom. The fourth-order valence-electron chi connectivity index (χ4n) is 3.45. The Morgan fingerprint density at radius 2 is 1.84 bits per heavy atom. The van der Waals surface area contributed by atoms with Gasteiger partial charge in [0.05, 0.1) is 9.79 Å². The van der Waals surface area contributed by atoms with Crippen molar-refractivity contribution in [3.63, 3.8) is 0 Å². The number of hydrogen-bond donors (Lipinski definition) is 0. The van der Waals surface area contributed by atoms with Gasteiger partial charge in [0, 0.05) is 17.5 Å². The van der Waals surface area contributed by atoms with Crippen LogP contribution in [0.25, 0.3) is 0 Å². The van der Waals surface area contributed by atoms with Crippen LogP contribution in [0.15, 0.2) is 46.2 Å². The molecule has 1 unspecified atom stereocenters. The average molecular weight is 379 g/mol. The van der Waals surface area contributed by atoms with E-state index in [0.717, 1.165) is 17.5 Å². The van der Waals surface area contributed by atoms with Crippen molar-refractivity contribution in [1.29, 1.82) is 0 Å². The molecule has 2 aromatic rings. The highest BCUT2D eigenvalue weighted by molar-refractivity contribution is 7.91. The number of aryl methyl sites for hydroxylation is 2. The minimum absolute atomic E-state index is 0.0121. The average Bonchev–Trinajstić information content (AvgIpc) is 2.60. The summed E-state index contributed by atoms with van der Waals surface area (Å²) in [5, 5.41) is 0. The van der Waals surface area contributed by atoms with E-state index in [0.29, 0.717) is 22.4 Å². The molecule has 0 bridgehead atoms. The molecule has 0 fully saturated rings. The smallest absolute Gasteiger partial charge is 0.403 e. The fraction of sp³-hybridized carbons (Fsp3) is 0.316. The minimum atomic E-state index is -3.61. The molecule has 0 radical (unpaired) electrons. The molecule has 0 N–H and O–H groups in total. The van der Waals surface area contributed by atoms with Gasteiger partial charge in [0.2, 0.25) is 9.84 Å². The van der Waals surface area contributed by atoms with Crippen molar-refractivity contribution < 1.29 is 17.9 Å². The van der Waals surface area contributed by atoms with Gasteiger partial charge in [-0.3, -0.25) is 0 Å². The largest absolute Gasteiger partial charge is 0.453 e. The van der Waals surface area contributed by atoms with E-state index in [1.807, 2.05) is 26.0 Å². The number of ether oxygens (including phenoxy) is 1. The van der Waals surface area contributed by atoms with Crippen LogP contribution in [0, 0.1) is 0 Å². The standard InChI is InChI=1S/C19H19ClO4S/c1-3-12-9-13(4-2)18-15(10-12)16(11-24-19(20)21)14-7-5-6-8-17(14)25(18,22)23/h5-10,16H,3-4,11H2,1-2H3. The Bertz CT molecular complexity index is 934. The highest BCUT2D eigenvalue weighted by atomic mass is 35.5. The van der Waals surface area contributed by atoms with E-state index in [2.05, 4.69) is 0 Å². The summed E-state index contributed by atoms with van der Waals surface area (Å²) in [5.41, 5.74) is 2.30. The zero-order valence-electron chi connectivity index (χ0n) is 14.1. The number of fused-ring (bicyclic) bond motifs is 2. The summed E-state index contributed by atoms with van der Waals surface area (Å²) in [4.78, 5) is 11.7. The van der Waals surface area contributed by atoms with Gasteiger partial charge >= 0.3 is 5.43 Å². The first-order chi connectivity index (χ1) is 11.9. The fourth-order valence-corrected chi connectivity index (χ4v) is 5.58. The topological polar surface area (TPSA) is 60.4 Å². The number of hydrogen-bond acceptors (Lipinski definition) is 4. The molecule has 1 heterocycles. The molecule has 1 atom stereocenters. The van der Waals surface area contributed by atoms with E-state index >= 15 is 0 Å². The molecule has 3 rings (SSSR count). The molecular formula is C19H19ClO4S. The third kappa shape index (κ3) is 3.07. The van der Waals surface area contributed by atoms with Crippen LogP contribution in [-0.2, 0) is 27.4 Å². The van der Waals surface area contributed by atoms with Crippen molar-refractivity contribution in [2.45, 2.75) is 42.4 Å². The predicted molar refractivity (Wildman–Crippen MR) is 96.1 cm³/mol. The number of carbonyl (C=O) groups is 1. The molecule has 6 heteroatoms. The Kier molecular flexibility index (Phi) is 4.89. The van der Waals surface area contributed by atoms with Crippen molar-refractivity contribution in [3.8, 4) is 0 Å². The van der Waals surface area contributed by atoms with E-state index in [1.165, 1.54) is 0 Å². The second-order valence-corrected chi connectivity index (χ2v) is 8.19. The van der Waals surface area contributed by atoms with Crippen LogP contribution >= 0.6 is 11.6 Å². The van der Waals surface area contributed by atoms with Crippen LogP contribution in [0.5, 0.6) is 0 Å². The molecule has 0 spiro atoms. The van der Waals surface area contributed by atoms with Gasteiger partial charge in [-0.05, 0) is 41.2 Å². The van der Waals surface area contributed by atoms with Crippen LogP contribution in [0.2, 0.25) is 0 Å². The molecule has 132 valence electrons. The zero-order chi connectivity index (χ0) is 18.2. The summed E-state index contributed by atoms with van der Waals surface area (Å²) in [7, 11) is -3.61. The molecule has 0 saturated carbocycles. The highest BCUT2D eigenvalue weighted by Crippen LogP contribution is 2.44. The Morgan fingerprint density at radius 1 is 1.12 bits per heavy atom. The summed E-state index contributed by atoms with van der Waals surface area (Å²) >= 11 is 5.34. The first-order valence-electron chi connectivity index (χ1n) is 8.22. The first kappa shape index (κ1) is 18.0. The van der Waals surface area contributed by atoms with Crippen molar-refractivity contribution >= 4 is 26.9 Å². The normalized spacial score (nSPS) is 17.5. The summed E-state index contributed by atoms with van der Waals surface area (Å²) in [6, 6.07) is 10.7. The Labute approximate surface area is 152 Å². The second kappa shape index (κ2) is 6.81. The van der Waals surface area contributed by atoms with Gasteiger partial charge in [0.15, 0.2) is 0 Å². The SMILES string of the molecule is CCc1cc(CC)c2c(c1)C(COC(=O)Cl)c1ccccc1S2(=O)=O. The summed E-state index contributed by atoms with van der Waals surface area (Å²) in [6.07, 6.45) is 1.41. The van der Waals surface area contributed by atoms with E-state index in [1.54, 1.807) is 24.3 Å². The lowest BCUT2D eigenvalue weighted by molar-refractivity contribution is 0.169. The monoisotopic (exact) mass is 378 g/mol. The molecule has 1 aliphatic rings. The van der Waals surface area contributed by atoms with Gasteiger partial charge in [-0.15, -0.1) is 0 Å². The summed E-state index contributed by atoms with van der Waals surface area (Å²) < 4.78 is 31.5. The number of sulfone groups is 1. The number of halogens is 1. The van der Waals surface area contributed by atoms with E-state index < -0.39 is 15.3 Å². The Hall–Kier alpha value is -1.85. The van der Waals surface area contributed by atoms with Gasteiger partial charge in [-0.2, -0.15) is 0 Å². The van der Waals surface area contributed by atoms with Crippen LogP contribution in [0.1, 0.15) is 42.0 Å². The van der Waals surface area contributed by atoms with Crippen molar-refractivity contribution in [1.82, 2.24) is 0 Å². The maximum absolute atomic E-state index is 13.2. The van der Waals surface area contributed by atoms with Crippen molar-refractivity contribution in [2.75, 3.05) is 6.61 Å².